The number of carbonyl (C=O) groups excluding carboxylic acids is 3. The van der Waals surface area contributed by atoms with E-state index in [1.165, 1.54) is 0 Å². The van der Waals surface area contributed by atoms with Crippen molar-refractivity contribution in [3.63, 3.8) is 0 Å². The fourth-order valence-electron chi connectivity index (χ4n) is 3.74. The van der Waals surface area contributed by atoms with Crippen molar-refractivity contribution in [1.29, 1.82) is 0 Å². The van der Waals surface area contributed by atoms with Crippen LogP contribution >= 0.6 is 0 Å². The smallest absolute Gasteiger partial charge is 0.409 e. The molecule has 0 bridgehead atoms. The first-order chi connectivity index (χ1) is 15.0. The van der Waals surface area contributed by atoms with E-state index in [0.717, 1.165) is 44.1 Å². The van der Waals surface area contributed by atoms with Crippen molar-refractivity contribution in [1.82, 2.24) is 5.32 Å². The predicted molar refractivity (Wildman–Crippen MR) is 118 cm³/mol. The van der Waals surface area contributed by atoms with Gasteiger partial charge in [0.05, 0.1) is 5.69 Å². The highest BCUT2D eigenvalue weighted by Crippen LogP contribution is 2.28. The largest absolute Gasteiger partial charge is 0.445 e. The molecule has 7 nitrogen and oxygen atoms in total. The molecule has 0 saturated heterocycles. The lowest BCUT2D eigenvalue weighted by Crippen LogP contribution is -2.50. The van der Waals surface area contributed by atoms with Crippen LogP contribution in [0.2, 0.25) is 0 Å². The van der Waals surface area contributed by atoms with Gasteiger partial charge in [-0.15, -0.1) is 0 Å². The number of ether oxygens (including phenoxy) is 1. The van der Waals surface area contributed by atoms with Gasteiger partial charge >= 0.3 is 6.09 Å². The standard InChI is InChI=1S/C24H29N3O4/c25-22(27-24(30)31-16-17-10-4-3-5-11-17)23(29)26-20-15-9-8-14-19(20)21(28)18-12-6-1-2-7-13-18/h3-5,8-11,14-15,18,22H,1-2,6-7,12-13,16,25H2,(H,26,29)(H,27,30). The van der Waals surface area contributed by atoms with Crippen molar-refractivity contribution in [3.8, 4) is 0 Å². The number of hydrogen-bond acceptors (Lipinski definition) is 5. The Labute approximate surface area is 182 Å². The van der Waals surface area contributed by atoms with E-state index in [0.29, 0.717) is 11.3 Å². The number of hydrogen-bond donors (Lipinski definition) is 3. The van der Waals surface area contributed by atoms with Gasteiger partial charge in [0, 0.05) is 11.5 Å². The quantitative estimate of drug-likeness (QED) is 0.354. The summed E-state index contributed by atoms with van der Waals surface area (Å²) >= 11 is 0. The van der Waals surface area contributed by atoms with Crippen molar-refractivity contribution >= 4 is 23.5 Å². The zero-order valence-electron chi connectivity index (χ0n) is 17.5. The van der Waals surface area contributed by atoms with Crippen molar-refractivity contribution in [2.24, 2.45) is 11.7 Å². The van der Waals surface area contributed by atoms with E-state index in [-0.39, 0.29) is 18.3 Å². The fourth-order valence-corrected chi connectivity index (χ4v) is 3.74. The molecule has 0 spiro atoms. The minimum atomic E-state index is -1.32. The molecule has 31 heavy (non-hydrogen) atoms. The second kappa shape index (κ2) is 11.3. The van der Waals surface area contributed by atoms with Crippen LogP contribution in [-0.4, -0.2) is 23.9 Å². The minimum absolute atomic E-state index is 0.0275. The average molecular weight is 424 g/mol. The summed E-state index contributed by atoms with van der Waals surface area (Å²) < 4.78 is 5.09. The third-order valence-electron chi connectivity index (χ3n) is 5.44. The monoisotopic (exact) mass is 423 g/mol. The Morgan fingerprint density at radius 2 is 1.58 bits per heavy atom. The Hall–Kier alpha value is -3.19. The van der Waals surface area contributed by atoms with Crippen molar-refractivity contribution in [2.75, 3.05) is 5.32 Å². The highest BCUT2D eigenvalue weighted by atomic mass is 16.5. The van der Waals surface area contributed by atoms with E-state index in [2.05, 4.69) is 10.6 Å². The van der Waals surface area contributed by atoms with Crippen molar-refractivity contribution in [2.45, 2.75) is 51.3 Å². The Bertz CT molecular complexity index is 893. The van der Waals surface area contributed by atoms with Crippen LogP contribution in [0.3, 0.4) is 0 Å². The predicted octanol–water partition coefficient (Wildman–Crippen LogP) is 3.99. The molecule has 1 unspecified atom stereocenters. The van der Waals surface area contributed by atoms with Gasteiger partial charge in [0.25, 0.3) is 5.91 Å². The van der Waals surface area contributed by atoms with Gasteiger partial charge in [-0.25, -0.2) is 4.79 Å². The summed E-state index contributed by atoms with van der Waals surface area (Å²) in [4.78, 5) is 37.5. The third-order valence-corrected chi connectivity index (χ3v) is 5.44. The molecule has 0 aliphatic heterocycles. The normalized spacial score (nSPS) is 15.4. The van der Waals surface area contributed by atoms with Gasteiger partial charge < -0.3 is 15.8 Å². The molecular weight excluding hydrogens is 394 g/mol. The fraction of sp³-hybridized carbons (Fsp3) is 0.375. The number of alkyl carbamates (subject to hydrolysis) is 1. The van der Waals surface area contributed by atoms with E-state index >= 15 is 0 Å². The first-order valence-corrected chi connectivity index (χ1v) is 10.7. The van der Waals surface area contributed by atoms with Crippen LogP contribution in [0.1, 0.15) is 54.4 Å². The highest BCUT2D eigenvalue weighted by Gasteiger charge is 2.25. The summed E-state index contributed by atoms with van der Waals surface area (Å²) in [6.45, 7) is 0.0692. The highest BCUT2D eigenvalue weighted by molar-refractivity contribution is 6.06. The van der Waals surface area contributed by atoms with Crippen LogP contribution in [0.4, 0.5) is 10.5 Å². The molecule has 1 fully saturated rings. The maximum Gasteiger partial charge on any atom is 0.409 e. The first kappa shape index (κ1) is 22.5. The summed E-state index contributed by atoms with van der Waals surface area (Å²) in [5.74, 6) is -0.611. The van der Waals surface area contributed by atoms with E-state index < -0.39 is 18.2 Å². The van der Waals surface area contributed by atoms with E-state index in [4.69, 9.17) is 10.5 Å². The second-order valence-corrected chi connectivity index (χ2v) is 7.77. The van der Waals surface area contributed by atoms with Crippen molar-refractivity contribution < 1.29 is 19.1 Å². The number of nitrogens with two attached hydrogens (primary N) is 1. The van der Waals surface area contributed by atoms with Gasteiger partial charge in [-0.05, 0) is 30.5 Å². The molecular formula is C24H29N3O4. The lowest BCUT2D eigenvalue weighted by molar-refractivity contribution is -0.118. The topological polar surface area (TPSA) is 111 Å². The van der Waals surface area contributed by atoms with Crippen LogP contribution in [0, 0.1) is 5.92 Å². The molecule has 0 heterocycles. The van der Waals surface area contributed by atoms with Gasteiger partial charge in [-0.2, -0.15) is 0 Å². The molecule has 3 rings (SSSR count). The molecule has 1 aliphatic carbocycles. The van der Waals surface area contributed by atoms with Gasteiger partial charge in [-0.3, -0.25) is 14.9 Å². The summed E-state index contributed by atoms with van der Waals surface area (Å²) in [7, 11) is 0. The van der Waals surface area contributed by atoms with Gasteiger partial charge in [0.1, 0.15) is 6.61 Å². The number of nitrogens with one attached hydrogen (secondary N) is 2. The first-order valence-electron chi connectivity index (χ1n) is 10.7. The van der Waals surface area contributed by atoms with Crippen molar-refractivity contribution in [3.05, 3.63) is 65.7 Å². The average Bonchev–Trinajstić information content (AvgIpc) is 3.08. The van der Waals surface area contributed by atoms with Crippen LogP contribution in [0.5, 0.6) is 0 Å². The molecule has 2 amide bonds. The van der Waals surface area contributed by atoms with E-state index in [1.54, 1.807) is 24.3 Å². The summed E-state index contributed by atoms with van der Waals surface area (Å²) in [5.41, 5.74) is 7.51. The molecule has 164 valence electrons. The molecule has 1 aliphatic rings. The number of benzene rings is 2. The number of anilines is 1. The molecule has 1 atom stereocenters. The SMILES string of the molecule is NC(NC(=O)OCc1ccccc1)C(=O)Nc1ccccc1C(=O)C1CCCCCC1. The Morgan fingerprint density at radius 1 is 0.935 bits per heavy atom. The van der Waals surface area contributed by atoms with E-state index in [9.17, 15) is 14.4 Å². The number of amides is 2. The Morgan fingerprint density at radius 3 is 2.29 bits per heavy atom. The third kappa shape index (κ3) is 6.65. The molecule has 0 aromatic heterocycles. The van der Waals surface area contributed by atoms with Gasteiger partial charge in [-0.1, -0.05) is 68.1 Å². The van der Waals surface area contributed by atoms with E-state index in [1.807, 2.05) is 30.3 Å². The Balaban J connectivity index is 1.57. The maximum absolute atomic E-state index is 13.1. The molecule has 0 radical (unpaired) electrons. The number of carbonyl (C=O) groups is 3. The summed E-state index contributed by atoms with van der Waals surface area (Å²) in [6, 6.07) is 16.1. The van der Waals surface area contributed by atoms with Crippen LogP contribution in [-0.2, 0) is 16.1 Å². The zero-order valence-corrected chi connectivity index (χ0v) is 17.5. The Kier molecular flexibility index (Phi) is 8.18. The molecule has 7 heteroatoms. The number of ketones is 1. The van der Waals surface area contributed by atoms with Crippen LogP contribution < -0.4 is 16.4 Å². The van der Waals surface area contributed by atoms with Gasteiger partial charge in [0.15, 0.2) is 11.9 Å². The molecule has 1 saturated carbocycles. The van der Waals surface area contributed by atoms with Gasteiger partial charge in [0.2, 0.25) is 0 Å². The molecule has 4 N–H and O–H groups in total. The summed E-state index contributed by atoms with van der Waals surface area (Å²) in [6.07, 6.45) is 4.03. The molecule has 2 aromatic rings. The minimum Gasteiger partial charge on any atom is -0.445 e. The lowest BCUT2D eigenvalue weighted by atomic mass is 9.90. The zero-order chi connectivity index (χ0) is 22.1. The molecule has 2 aromatic carbocycles. The van der Waals surface area contributed by atoms with Crippen LogP contribution in [0.25, 0.3) is 0 Å². The number of rotatable bonds is 7. The maximum atomic E-state index is 13.1. The van der Waals surface area contributed by atoms with Crippen LogP contribution in [0.15, 0.2) is 54.6 Å². The lowest BCUT2D eigenvalue weighted by Gasteiger charge is -2.18. The number of para-hydroxylation sites is 1. The summed E-state index contributed by atoms with van der Waals surface area (Å²) in [5, 5.41) is 4.98. The number of Topliss-reactive ketones (excluding diaryl/α,β-unsaturated/α-hetero) is 1. The second-order valence-electron chi connectivity index (χ2n) is 7.77.